The molecule has 1 aromatic heterocycles. The van der Waals surface area contributed by atoms with Crippen molar-refractivity contribution < 1.29 is 22.9 Å². The lowest BCUT2D eigenvalue weighted by Crippen LogP contribution is -2.48. The topological polar surface area (TPSA) is 107 Å². The maximum atomic E-state index is 14.9. The van der Waals surface area contributed by atoms with Crippen LogP contribution in [0, 0.1) is 25.5 Å². The second-order valence-corrected chi connectivity index (χ2v) is 9.43. The number of anilines is 1. The Morgan fingerprint density at radius 1 is 1.10 bits per heavy atom. The Hall–Kier alpha value is -3.90. The zero-order valence-electron chi connectivity index (χ0n) is 22.6. The number of hydrogen-bond donors (Lipinski definition) is 2. The highest BCUT2D eigenvalue weighted by Crippen LogP contribution is 2.30. The average Bonchev–Trinajstić information content (AvgIpc) is 3.53. The van der Waals surface area contributed by atoms with Crippen molar-refractivity contribution in [3.05, 3.63) is 64.5 Å². The molecule has 1 aliphatic heterocycles. The van der Waals surface area contributed by atoms with Gasteiger partial charge in [0, 0.05) is 51.4 Å². The van der Waals surface area contributed by atoms with Crippen LogP contribution in [0.25, 0.3) is 11.4 Å². The van der Waals surface area contributed by atoms with Gasteiger partial charge in [0.05, 0.1) is 18.7 Å². The van der Waals surface area contributed by atoms with Gasteiger partial charge in [0.15, 0.2) is 0 Å². The van der Waals surface area contributed by atoms with Crippen LogP contribution in [0.15, 0.2) is 34.9 Å². The number of hydrazine groups is 1. The molecule has 0 saturated carbocycles. The highest BCUT2D eigenvalue weighted by atomic mass is 19.1. The zero-order chi connectivity index (χ0) is 28.1. The summed E-state index contributed by atoms with van der Waals surface area (Å²) in [4.78, 5) is 32.0. The molecule has 10 nitrogen and oxygen atoms in total. The normalized spacial score (nSPS) is 12.9. The minimum absolute atomic E-state index is 0.0709. The Balaban J connectivity index is 1.57. The van der Waals surface area contributed by atoms with E-state index >= 15 is 0 Å². The molecule has 0 fully saturated rings. The van der Waals surface area contributed by atoms with Gasteiger partial charge >= 0.3 is 0 Å². The number of nitrogens with one attached hydrogen (secondary N) is 2. The molecule has 2 amide bonds. The summed E-state index contributed by atoms with van der Waals surface area (Å²) in [6.45, 7) is 7.40. The van der Waals surface area contributed by atoms with Gasteiger partial charge in [-0.15, -0.1) is 0 Å². The van der Waals surface area contributed by atoms with Crippen molar-refractivity contribution in [2.75, 3.05) is 44.7 Å². The van der Waals surface area contributed by atoms with Gasteiger partial charge in [-0.1, -0.05) is 24.2 Å². The first-order valence-electron chi connectivity index (χ1n) is 12.8. The number of carbonyl (C=O) groups is 2. The number of halogens is 2. The van der Waals surface area contributed by atoms with Crippen molar-refractivity contribution in [2.24, 2.45) is 0 Å². The third-order valence-corrected chi connectivity index (χ3v) is 6.62. The van der Waals surface area contributed by atoms with Crippen molar-refractivity contribution >= 4 is 17.5 Å². The average molecular weight is 542 g/mol. The molecule has 12 heteroatoms. The lowest BCUT2D eigenvalue weighted by atomic mass is 10.1. The Morgan fingerprint density at radius 3 is 2.59 bits per heavy atom. The third-order valence-electron chi connectivity index (χ3n) is 6.62. The van der Waals surface area contributed by atoms with E-state index in [0.717, 1.165) is 12.1 Å². The Bertz CT molecular complexity index is 1350. The minimum Gasteiger partial charge on any atom is -0.353 e. The van der Waals surface area contributed by atoms with E-state index in [2.05, 4.69) is 20.8 Å². The van der Waals surface area contributed by atoms with Gasteiger partial charge in [-0.3, -0.25) is 14.6 Å². The number of nitrogens with zero attached hydrogens (tertiary/aromatic N) is 5. The standard InChI is InChI=1S/C27H33F2N7O3/c1-5-30-9-10-31-25(37)15-35(24-12-20(23(29)11-17(24)2)27-32-18(3)39-33-27)16-26(38)34(4)36-13-19-7-6-8-22(28)21(19)14-36/h6-8,11-12,30H,5,9-10,13-16H2,1-4H3,(H,31,37). The number of likely N-dealkylation sites (N-methyl/N-ethyl adjacent to an activating group) is 2. The molecule has 208 valence electrons. The molecule has 2 aromatic carbocycles. The van der Waals surface area contributed by atoms with E-state index in [1.165, 1.54) is 23.2 Å². The molecule has 0 aliphatic carbocycles. The van der Waals surface area contributed by atoms with Gasteiger partial charge in [-0.2, -0.15) is 4.98 Å². The van der Waals surface area contributed by atoms with Crippen LogP contribution in [0.1, 0.15) is 29.5 Å². The predicted octanol–water partition coefficient (Wildman–Crippen LogP) is 2.55. The summed E-state index contributed by atoms with van der Waals surface area (Å²) in [5.74, 6) is -1.11. The highest BCUT2D eigenvalue weighted by Gasteiger charge is 2.29. The maximum Gasteiger partial charge on any atom is 0.256 e. The second-order valence-electron chi connectivity index (χ2n) is 9.43. The number of amides is 2. The highest BCUT2D eigenvalue weighted by molar-refractivity contribution is 5.87. The zero-order valence-corrected chi connectivity index (χ0v) is 22.6. The van der Waals surface area contributed by atoms with E-state index in [-0.39, 0.29) is 54.5 Å². The number of benzene rings is 2. The maximum absolute atomic E-state index is 14.9. The van der Waals surface area contributed by atoms with E-state index in [4.69, 9.17) is 4.52 Å². The minimum atomic E-state index is -0.549. The molecular weight excluding hydrogens is 508 g/mol. The summed E-state index contributed by atoms with van der Waals surface area (Å²) < 4.78 is 34.2. The number of carbonyl (C=O) groups excluding carboxylic acids is 2. The van der Waals surface area contributed by atoms with E-state index in [0.29, 0.717) is 36.4 Å². The summed E-state index contributed by atoms with van der Waals surface area (Å²) in [6, 6.07) is 7.73. The van der Waals surface area contributed by atoms with E-state index < -0.39 is 5.82 Å². The van der Waals surface area contributed by atoms with Crippen molar-refractivity contribution in [3.8, 4) is 11.4 Å². The molecule has 1 aliphatic rings. The van der Waals surface area contributed by atoms with Gasteiger partial charge in [0.25, 0.3) is 5.91 Å². The molecule has 0 spiro atoms. The van der Waals surface area contributed by atoms with E-state index in [9.17, 15) is 18.4 Å². The number of hydrogen-bond acceptors (Lipinski definition) is 8. The molecule has 0 atom stereocenters. The summed E-state index contributed by atoms with van der Waals surface area (Å²) >= 11 is 0. The van der Waals surface area contributed by atoms with E-state index in [1.807, 2.05) is 13.0 Å². The van der Waals surface area contributed by atoms with Gasteiger partial charge < -0.3 is 20.1 Å². The molecule has 0 radical (unpaired) electrons. The molecule has 4 rings (SSSR count). The molecule has 39 heavy (non-hydrogen) atoms. The van der Waals surface area contributed by atoms with Crippen molar-refractivity contribution in [2.45, 2.75) is 33.9 Å². The first-order valence-corrected chi connectivity index (χ1v) is 12.8. The van der Waals surface area contributed by atoms with Gasteiger partial charge in [0.1, 0.15) is 11.6 Å². The van der Waals surface area contributed by atoms with Crippen molar-refractivity contribution in [1.82, 2.24) is 30.8 Å². The fourth-order valence-electron chi connectivity index (χ4n) is 4.50. The molecular formula is C27H33F2N7O3. The molecule has 0 unspecified atom stereocenters. The van der Waals surface area contributed by atoms with E-state index in [1.54, 1.807) is 36.9 Å². The van der Waals surface area contributed by atoms with Crippen LogP contribution in [0.3, 0.4) is 0 Å². The number of aryl methyl sites for hydroxylation is 2. The first-order chi connectivity index (χ1) is 18.7. The Labute approximate surface area is 225 Å². The Morgan fingerprint density at radius 2 is 1.90 bits per heavy atom. The molecule has 0 saturated heterocycles. The van der Waals surface area contributed by atoms with Crippen LogP contribution in [-0.4, -0.2) is 71.7 Å². The predicted molar refractivity (Wildman–Crippen MR) is 141 cm³/mol. The monoisotopic (exact) mass is 541 g/mol. The van der Waals surface area contributed by atoms with Crippen LogP contribution in [0.4, 0.5) is 14.5 Å². The lowest BCUT2D eigenvalue weighted by molar-refractivity contribution is -0.145. The fourth-order valence-corrected chi connectivity index (χ4v) is 4.50. The fraction of sp³-hybridized carbons (Fsp3) is 0.407. The van der Waals surface area contributed by atoms with Gasteiger partial charge in [-0.25, -0.2) is 13.8 Å². The summed E-state index contributed by atoms with van der Waals surface area (Å²) in [5.41, 5.74) is 2.48. The molecule has 3 aromatic rings. The SMILES string of the molecule is CCNCCNC(=O)CN(CC(=O)N(C)N1Cc2cccc(F)c2C1)c1cc(-c2noc(C)n2)c(F)cc1C. The summed E-state index contributed by atoms with van der Waals surface area (Å²) in [7, 11) is 1.62. The summed E-state index contributed by atoms with van der Waals surface area (Å²) in [5, 5.41) is 13.0. The van der Waals surface area contributed by atoms with Crippen molar-refractivity contribution in [1.29, 1.82) is 0 Å². The third kappa shape index (κ3) is 6.58. The smallest absolute Gasteiger partial charge is 0.256 e. The largest absolute Gasteiger partial charge is 0.353 e. The lowest BCUT2D eigenvalue weighted by Gasteiger charge is -2.32. The van der Waals surface area contributed by atoms with Gasteiger partial charge in [0.2, 0.25) is 17.6 Å². The van der Waals surface area contributed by atoms with Crippen LogP contribution >= 0.6 is 0 Å². The van der Waals surface area contributed by atoms with Gasteiger partial charge in [-0.05, 0) is 42.8 Å². The second kappa shape index (κ2) is 12.3. The molecule has 0 bridgehead atoms. The van der Waals surface area contributed by atoms with Crippen LogP contribution in [0.5, 0.6) is 0 Å². The summed E-state index contributed by atoms with van der Waals surface area (Å²) in [6.07, 6.45) is 0. The Kier molecular flexibility index (Phi) is 8.87. The number of rotatable bonds is 11. The van der Waals surface area contributed by atoms with Crippen LogP contribution in [-0.2, 0) is 22.7 Å². The number of fused-ring (bicyclic) bond motifs is 1. The first kappa shape index (κ1) is 28.1. The molecule has 2 heterocycles. The quantitative estimate of drug-likeness (QED) is 0.357. The van der Waals surface area contributed by atoms with Crippen LogP contribution in [0.2, 0.25) is 0 Å². The molecule has 2 N–H and O–H groups in total. The van der Waals surface area contributed by atoms with Crippen LogP contribution < -0.4 is 15.5 Å². The number of aromatic nitrogens is 2. The van der Waals surface area contributed by atoms with Crippen molar-refractivity contribution in [3.63, 3.8) is 0 Å².